The Morgan fingerprint density at radius 1 is 1.35 bits per heavy atom. The first-order valence-corrected chi connectivity index (χ1v) is 7.36. The average molecular weight is 301 g/mol. The number of benzene rings is 1. The molecule has 3 N–H and O–H groups in total. The summed E-state index contributed by atoms with van der Waals surface area (Å²) in [7, 11) is 1.70. The summed E-state index contributed by atoms with van der Waals surface area (Å²) in [6.45, 7) is 5.28. The molecule has 0 saturated heterocycles. The van der Waals surface area contributed by atoms with Crippen molar-refractivity contribution in [2.24, 2.45) is 5.73 Å². The molecule has 4 nitrogen and oxygen atoms in total. The fourth-order valence-corrected chi connectivity index (χ4v) is 2.16. The van der Waals surface area contributed by atoms with Crippen molar-refractivity contribution >= 4 is 17.3 Å². The van der Waals surface area contributed by atoms with Crippen LogP contribution in [-0.4, -0.2) is 32.4 Å². The number of nitrogens with two attached hydrogens (primary N) is 1. The topological polar surface area (TPSA) is 56.5 Å². The van der Waals surface area contributed by atoms with Gasteiger partial charge in [0, 0.05) is 18.8 Å². The van der Waals surface area contributed by atoms with E-state index >= 15 is 0 Å². The Kier molecular flexibility index (Phi) is 7.73. The molecule has 0 spiro atoms. The zero-order valence-electron chi connectivity index (χ0n) is 12.5. The minimum atomic E-state index is 0.108. The van der Waals surface area contributed by atoms with Crippen molar-refractivity contribution in [1.82, 2.24) is 0 Å². The van der Waals surface area contributed by atoms with Crippen LogP contribution < -0.4 is 15.8 Å². The molecule has 1 rings (SSSR count). The third-order valence-corrected chi connectivity index (χ3v) is 3.09. The second-order valence-electron chi connectivity index (χ2n) is 5.04. The third kappa shape index (κ3) is 5.99. The van der Waals surface area contributed by atoms with Gasteiger partial charge in [-0.2, -0.15) is 0 Å². The van der Waals surface area contributed by atoms with E-state index in [-0.39, 0.29) is 12.1 Å². The Morgan fingerprint density at radius 3 is 2.65 bits per heavy atom. The first kappa shape index (κ1) is 17.1. The van der Waals surface area contributed by atoms with Gasteiger partial charge in [0.2, 0.25) is 0 Å². The Morgan fingerprint density at radius 2 is 2.10 bits per heavy atom. The number of methoxy groups -OCH3 is 1. The number of hydrogen-bond acceptors (Lipinski definition) is 4. The molecule has 5 heteroatoms. The second kappa shape index (κ2) is 9.06. The summed E-state index contributed by atoms with van der Waals surface area (Å²) in [4.78, 5) is 0. The molecule has 1 aromatic carbocycles. The Labute approximate surface area is 126 Å². The number of hydrogen-bond donors (Lipinski definition) is 2. The summed E-state index contributed by atoms with van der Waals surface area (Å²) in [6, 6.07) is 5.97. The fourth-order valence-electron chi connectivity index (χ4n) is 1.94. The number of ether oxygens (including phenoxy) is 2. The van der Waals surface area contributed by atoms with Gasteiger partial charge in [0.05, 0.1) is 17.7 Å². The van der Waals surface area contributed by atoms with E-state index in [4.69, 9.17) is 26.8 Å². The van der Waals surface area contributed by atoms with Gasteiger partial charge in [0.15, 0.2) is 0 Å². The highest BCUT2D eigenvalue weighted by molar-refractivity contribution is 6.32. The predicted octanol–water partition coefficient (Wildman–Crippen LogP) is 3.29. The van der Waals surface area contributed by atoms with E-state index < -0.39 is 0 Å². The minimum absolute atomic E-state index is 0.108. The lowest BCUT2D eigenvalue weighted by Gasteiger charge is -2.20. The Balaban J connectivity index is 2.68. The van der Waals surface area contributed by atoms with Crippen LogP contribution in [0.1, 0.15) is 26.7 Å². The highest BCUT2D eigenvalue weighted by Gasteiger charge is 2.10. The molecule has 0 saturated carbocycles. The van der Waals surface area contributed by atoms with Crippen LogP contribution in [0.4, 0.5) is 5.69 Å². The molecule has 20 heavy (non-hydrogen) atoms. The van der Waals surface area contributed by atoms with Crippen LogP contribution in [0, 0.1) is 0 Å². The van der Waals surface area contributed by atoms with Crippen molar-refractivity contribution in [3.63, 3.8) is 0 Å². The first-order chi connectivity index (χ1) is 9.56. The number of nitrogens with one attached hydrogen (secondary N) is 1. The Bertz CT molecular complexity index is 399. The fraction of sp³-hybridized carbons (Fsp3) is 0.600. The highest BCUT2D eigenvalue weighted by Crippen LogP contribution is 2.29. The highest BCUT2D eigenvalue weighted by atomic mass is 35.5. The molecule has 1 atom stereocenters. The standard InChI is InChI=1S/C15H25ClN2O2/c1-11(2)20-15-7-6-12(9-14(15)16)18-13(10-19-3)5-4-8-17/h6-7,9,11,13,18H,4-5,8,10,17H2,1-3H3. The first-order valence-electron chi connectivity index (χ1n) is 6.98. The van der Waals surface area contributed by atoms with E-state index in [0.717, 1.165) is 18.5 Å². The zero-order chi connectivity index (χ0) is 15.0. The van der Waals surface area contributed by atoms with Crippen molar-refractivity contribution in [3.8, 4) is 5.75 Å². The summed E-state index contributed by atoms with van der Waals surface area (Å²) in [5.41, 5.74) is 6.51. The summed E-state index contributed by atoms with van der Waals surface area (Å²) in [5.74, 6) is 0.706. The molecule has 114 valence electrons. The van der Waals surface area contributed by atoms with E-state index in [2.05, 4.69) is 5.32 Å². The Hall–Kier alpha value is -0.970. The monoisotopic (exact) mass is 300 g/mol. The number of rotatable bonds is 9. The number of halogens is 1. The molecule has 0 aliphatic carbocycles. The predicted molar refractivity (Wildman–Crippen MR) is 84.8 cm³/mol. The molecule has 0 radical (unpaired) electrons. The van der Waals surface area contributed by atoms with Gasteiger partial charge in [-0.15, -0.1) is 0 Å². The van der Waals surface area contributed by atoms with Gasteiger partial charge in [-0.3, -0.25) is 0 Å². The van der Waals surface area contributed by atoms with E-state index in [1.807, 2.05) is 32.0 Å². The molecule has 0 heterocycles. The quantitative estimate of drug-likeness (QED) is 0.735. The van der Waals surface area contributed by atoms with Crippen LogP contribution in [0.3, 0.4) is 0 Å². The zero-order valence-corrected chi connectivity index (χ0v) is 13.2. The summed E-state index contributed by atoms with van der Waals surface area (Å²) in [5, 5.41) is 4.03. The van der Waals surface area contributed by atoms with Gasteiger partial charge in [0.25, 0.3) is 0 Å². The van der Waals surface area contributed by atoms with Gasteiger partial charge in [-0.1, -0.05) is 11.6 Å². The largest absolute Gasteiger partial charge is 0.489 e. The van der Waals surface area contributed by atoms with Gasteiger partial charge in [-0.05, 0) is 51.4 Å². The van der Waals surface area contributed by atoms with Crippen LogP contribution in [-0.2, 0) is 4.74 Å². The molecule has 0 aliphatic rings. The van der Waals surface area contributed by atoms with Crippen LogP contribution >= 0.6 is 11.6 Å². The van der Waals surface area contributed by atoms with Crippen molar-refractivity contribution in [1.29, 1.82) is 0 Å². The van der Waals surface area contributed by atoms with Crippen molar-refractivity contribution in [2.45, 2.75) is 38.8 Å². The molecule has 1 aromatic rings. The summed E-state index contributed by atoms with van der Waals surface area (Å²) < 4.78 is 10.8. The lowest BCUT2D eigenvalue weighted by Crippen LogP contribution is -2.25. The van der Waals surface area contributed by atoms with E-state index in [9.17, 15) is 0 Å². The lowest BCUT2D eigenvalue weighted by molar-refractivity contribution is 0.182. The van der Waals surface area contributed by atoms with Crippen LogP contribution in [0.25, 0.3) is 0 Å². The molecule has 1 unspecified atom stereocenters. The molecule has 0 aromatic heterocycles. The summed E-state index contributed by atoms with van der Waals surface area (Å²) >= 11 is 6.22. The molecular weight excluding hydrogens is 276 g/mol. The van der Waals surface area contributed by atoms with E-state index in [1.165, 1.54) is 0 Å². The maximum atomic E-state index is 6.22. The van der Waals surface area contributed by atoms with Crippen molar-refractivity contribution in [2.75, 3.05) is 25.6 Å². The molecule has 0 aliphatic heterocycles. The van der Waals surface area contributed by atoms with Gasteiger partial charge < -0.3 is 20.5 Å². The maximum Gasteiger partial charge on any atom is 0.138 e. The molecule has 0 bridgehead atoms. The van der Waals surface area contributed by atoms with Gasteiger partial charge in [-0.25, -0.2) is 0 Å². The summed E-state index contributed by atoms with van der Waals surface area (Å²) in [6.07, 6.45) is 2.03. The van der Waals surface area contributed by atoms with Gasteiger partial charge >= 0.3 is 0 Å². The maximum absolute atomic E-state index is 6.22. The third-order valence-electron chi connectivity index (χ3n) is 2.79. The van der Waals surface area contributed by atoms with Crippen LogP contribution in [0.2, 0.25) is 5.02 Å². The van der Waals surface area contributed by atoms with Crippen molar-refractivity contribution < 1.29 is 9.47 Å². The van der Waals surface area contributed by atoms with Crippen LogP contribution in [0.15, 0.2) is 18.2 Å². The SMILES string of the molecule is COCC(CCCN)Nc1ccc(OC(C)C)c(Cl)c1. The number of anilines is 1. The van der Waals surface area contributed by atoms with E-state index in [0.29, 0.717) is 23.9 Å². The minimum Gasteiger partial charge on any atom is -0.489 e. The normalized spacial score (nSPS) is 12.5. The molecular formula is C15H25ClN2O2. The van der Waals surface area contributed by atoms with E-state index in [1.54, 1.807) is 7.11 Å². The van der Waals surface area contributed by atoms with Crippen molar-refractivity contribution in [3.05, 3.63) is 23.2 Å². The van der Waals surface area contributed by atoms with Gasteiger partial charge in [0.1, 0.15) is 5.75 Å². The molecule has 0 fully saturated rings. The second-order valence-corrected chi connectivity index (χ2v) is 5.45. The average Bonchev–Trinajstić information content (AvgIpc) is 2.39. The molecule has 0 amide bonds. The van der Waals surface area contributed by atoms with Crippen LogP contribution in [0.5, 0.6) is 5.75 Å². The smallest absolute Gasteiger partial charge is 0.138 e. The lowest BCUT2D eigenvalue weighted by atomic mass is 10.1.